The van der Waals surface area contributed by atoms with Crippen molar-refractivity contribution in [1.82, 2.24) is 5.32 Å². The second-order valence-corrected chi connectivity index (χ2v) is 6.31. The molecule has 0 aromatic heterocycles. The van der Waals surface area contributed by atoms with E-state index in [1.54, 1.807) is 0 Å². The number of guanidine groups is 1. The number of hydrogen-bond acceptors (Lipinski definition) is 2. The number of nitrogens with two attached hydrogens (primary N) is 1. The molecule has 5 heteroatoms. The summed E-state index contributed by atoms with van der Waals surface area (Å²) in [5.41, 5.74) is 8.36. The van der Waals surface area contributed by atoms with Crippen molar-refractivity contribution >= 4 is 35.6 Å². The normalized spacial score (nSPS) is 11.8. The number of rotatable bonds is 5. The molecule has 0 aliphatic rings. The van der Waals surface area contributed by atoms with Crippen LogP contribution in [0.3, 0.4) is 0 Å². The Morgan fingerprint density at radius 1 is 1.19 bits per heavy atom. The highest BCUT2D eigenvalue weighted by Gasteiger charge is 2.09. The first-order chi connectivity index (χ1) is 9.28. The van der Waals surface area contributed by atoms with Crippen molar-refractivity contribution in [2.75, 3.05) is 25.5 Å². The van der Waals surface area contributed by atoms with Crippen LogP contribution < -0.4 is 16.0 Å². The average Bonchev–Trinajstić information content (AvgIpc) is 2.33. The van der Waals surface area contributed by atoms with Crippen LogP contribution in [0.1, 0.15) is 32.8 Å². The molecular weight excluding hydrogens is 375 g/mol. The molecule has 21 heavy (non-hydrogen) atoms. The zero-order valence-corrected chi connectivity index (χ0v) is 16.1. The largest absolute Gasteiger partial charge is 0.378 e. The lowest BCUT2D eigenvalue weighted by molar-refractivity contribution is 0.508. The van der Waals surface area contributed by atoms with Crippen molar-refractivity contribution in [3.8, 4) is 0 Å². The third kappa shape index (κ3) is 8.80. The van der Waals surface area contributed by atoms with Crippen molar-refractivity contribution in [2.45, 2.75) is 39.2 Å². The molecule has 0 heterocycles. The fourth-order valence-corrected chi connectivity index (χ4v) is 1.87. The van der Waals surface area contributed by atoms with E-state index in [4.69, 9.17) is 5.73 Å². The van der Waals surface area contributed by atoms with E-state index in [1.165, 1.54) is 11.3 Å². The van der Waals surface area contributed by atoms with Crippen LogP contribution in [-0.4, -0.2) is 32.1 Å². The summed E-state index contributed by atoms with van der Waals surface area (Å²) in [4.78, 5) is 6.45. The molecule has 1 aromatic carbocycles. The molecule has 0 aliphatic heterocycles. The van der Waals surface area contributed by atoms with E-state index in [0.29, 0.717) is 5.96 Å². The first-order valence-electron chi connectivity index (χ1n) is 7.12. The topological polar surface area (TPSA) is 53.6 Å². The number of nitrogens with zero attached hydrogens (tertiary/aromatic N) is 2. The van der Waals surface area contributed by atoms with E-state index in [-0.39, 0.29) is 29.5 Å². The minimum absolute atomic E-state index is 0. The summed E-state index contributed by atoms with van der Waals surface area (Å²) >= 11 is 0. The predicted octanol–water partition coefficient (Wildman–Crippen LogP) is 3.01. The van der Waals surface area contributed by atoms with Crippen LogP contribution in [0.25, 0.3) is 0 Å². The molecule has 120 valence electrons. The zero-order valence-electron chi connectivity index (χ0n) is 13.8. The van der Waals surface area contributed by atoms with Gasteiger partial charge in [-0.25, -0.2) is 0 Å². The Morgan fingerprint density at radius 3 is 2.24 bits per heavy atom. The fourth-order valence-electron chi connectivity index (χ4n) is 1.87. The van der Waals surface area contributed by atoms with E-state index in [0.717, 1.165) is 19.4 Å². The summed E-state index contributed by atoms with van der Waals surface area (Å²) in [6.07, 6.45) is 2.04. The molecule has 3 N–H and O–H groups in total. The number of nitrogens with one attached hydrogen (secondary N) is 1. The quantitative estimate of drug-likeness (QED) is 0.343. The molecule has 4 nitrogen and oxygen atoms in total. The molecule has 0 saturated heterocycles. The summed E-state index contributed by atoms with van der Waals surface area (Å²) < 4.78 is 0. The number of aryl methyl sites for hydroxylation is 1. The van der Waals surface area contributed by atoms with Gasteiger partial charge in [0, 0.05) is 31.9 Å². The summed E-state index contributed by atoms with van der Waals surface area (Å²) in [6.45, 7) is 6.97. The van der Waals surface area contributed by atoms with Crippen LogP contribution in [0.4, 0.5) is 5.69 Å². The Kier molecular flexibility index (Phi) is 8.70. The van der Waals surface area contributed by atoms with E-state index in [9.17, 15) is 0 Å². The lowest BCUT2D eigenvalue weighted by Gasteiger charge is -2.20. The second kappa shape index (κ2) is 9.12. The van der Waals surface area contributed by atoms with Gasteiger partial charge in [-0.15, -0.1) is 24.0 Å². The number of aliphatic imine (C=N–C) groups is 1. The van der Waals surface area contributed by atoms with Crippen LogP contribution in [0.15, 0.2) is 29.3 Å². The minimum atomic E-state index is -0.0321. The highest BCUT2D eigenvalue weighted by Crippen LogP contribution is 2.13. The molecule has 0 spiro atoms. The van der Waals surface area contributed by atoms with Crippen molar-refractivity contribution in [1.29, 1.82) is 0 Å². The standard InChI is InChI=1S/C16H28N4.HI/c1-16(2,3)19-15(17)18-12-6-7-13-8-10-14(11-9-13)20(4)5;/h8-11H,6-7,12H2,1-5H3,(H3,17,18,19);1H. The molecule has 0 fully saturated rings. The Hall–Kier alpha value is -0.980. The van der Waals surface area contributed by atoms with Crippen LogP contribution in [0, 0.1) is 0 Å². The second-order valence-electron chi connectivity index (χ2n) is 6.31. The third-order valence-corrected chi connectivity index (χ3v) is 2.86. The Labute approximate surface area is 146 Å². The summed E-state index contributed by atoms with van der Waals surface area (Å²) in [7, 11) is 4.10. The maximum absolute atomic E-state index is 5.83. The molecule has 0 bridgehead atoms. The van der Waals surface area contributed by atoms with Crippen molar-refractivity contribution in [3.63, 3.8) is 0 Å². The van der Waals surface area contributed by atoms with Gasteiger partial charge in [-0.2, -0.15) is 0 Å². The van der Waals surface area contributed by atoms with E-state index in [2.05, 4.69) is 74.3 Å². The first kappa shape index (κ1) is 20.0. The van der Waals surface area contributed by atoms with Crippen molar-refractivity contribution < 1.29 is 0 Å². The number of anilines is 1. The number of halogens is 1. The molecule has 0 atom stereocenters. The first-order valence-corrected chi connectivity index (χ1v) is 7.12. The lowest BCUT2D eigenvalue weighted by atomic mass is 10.1. The maximum atomic E-state index is 5.83. The molecule has 1 aromatic rings. The summed E-state index contributed by atoms with van der Waals surface area (Å²) in [6, 6.07) is 8.65. The predicted molar refractivity (Wildman–Crippen MR) is 104 cm³/mol. The molecule has 0 unspecified atom stereocenters. The van der Waals surface area contributed by atoms with Gasteiger partial charge in [-0.1, -0.05) is 12.1 Å². The van der Waals surface area contributed by atoms with Gasteiger partial charge < -0.3 is 16.0 Å². The highest BCUT2D eigenvalue weighted by molar-refractivity contribution is 14.0. The van der Waals surface area contributed by atoms with Crippen LogP contribution in [0.5, 0.6) is 0 Å². The fraction of sp³-hybridized carbons (Fsp3) is 0.562. The van der Waals surface area contributed by atoms with Gasteiger partial charge in [0.15, 0.2) is 5.96 Å². The average molecular weight is 404 g/mol. The van der Waals surface area contributed by atoms with Gasteiger partial charge in [0.05, 0.1) is 0 Å². The molecule has 0 radical (unpaired) electrons. The molecule has 0 saturated carbocycles. The molecule has 1 rings (SSSR count). The van der Waals surface area contributed by atoms with Crippen LogP contribution in [-0.2, 0) is 6.42 Å². The van der Waals surface area contributed by atoms with E-state index in [1.807, 2.05) is 0 Å². The van der Waals surface area contributed by atoms with Gasteiger partial charge in [-0.05, 0) is 51.3 Å². The van der Waals surface area contributed by atoms with Gasteiger partial charge in [0.25, 0.3) is 0 Å². The van der Waals surface area contributed by atoms with Crippen molar-refractivity contribution in [2.24, 2.45) is 10.7 Å². The highest BCUT2D eigenvalue weighted by atomic mass is 127. The van der Waals surface area contributed by atoms with Gasteiger partial charge >= 0.3 is 0 Å². The van der Waals surface area contributed by atoms with Crippen LogP contribution in [0.2, 0.25) is 0 Å². The number of hydrogen-bond donors (Lipinski definition) is 2. The lowest BCUT2D eigenvalue weighted by Crippen LogP contribution is -2.45. The Bertz CT molecular complexity index is 433. The van der Waals surface area contributed by atoms with E-state index >= 15 is 0 Å². The Morgan fingerprint density at radius 2 is 1.76 bits per heavy atom. The summed E-state index contributed by atoms with van der Waals surface area (Å²) in [5.74, 6) is 0.528. The van der Waals surface area contributed by atoms with E-state index < -0.39 is 0 Å². The smallest absolute Gasteiger partial charge is 0.188 e. The molecule has 0 amide bonds. The maximum Gasteiger partial charge on any atom is 0.188 e. The molecular formula is C16H29IN4. The van der Waals surface area contributed by atoms with Gasteiger partial charge in [-0.3, -0.25) is 4.99 Å². The minimum Gasteiger partial charge on any atom is -0.378 e. The van der Waals surface area contributed by atoms with Gasteiger partial charge in [0.1, 0.15) is 0 Å². The number of benzene rings is 1. The monoisotopic (exact) mass is 404 g/mol. The molecule has 0 aliphatic carbocycles. The summed E-state index contributed by atoms with van der Waals surface area (Å²) in [5, 5.41) is 3.16. The zero-order chi connectivity index (χ0) is 15.2. The third-order valence-electron chi connectivity index (χ3n) is 2.86. The van der Waals surface area contributed by atoms with Crippen LogP contribution >= 0.6 is 24.0 Å². The Balaban J connectivity index is 0.00000400. The SMILES string of the molecule is CN(C)c1ccc(CCCN=C(N)NC(C)(C)C)cc1.I. The van der Waals surface area contributed by atoms with Gasteiger partial charge in [0.2, 0.25) is 0 Å². The van der Waals surface area contributed by atoms with Crippen molar-refractivity contribution in [3.05, 3.63) is 29.8 Å².